The molecule has 10 heteroatoms. The molecule has 4 aromatic rings. The molecule has 9 nitrogen and oxygen atoms in total. The van der Waals surface area contributed by atoms with E-state index in [0.29, 0.717) is 28.3 Å². The van der Waals surface area contributed by atoms with Gasteiger partial charge in [-0.3, -0.25) is 14.4 Å². The lowest BCUT2D eigenvalue weighted by Gasteiger charge is -2.15. The number of hydrogen-bond acceptors (Lipinski definition) is 7. The fourth-order valence-corrected chi connectivity index (χ4v) is 4.98. The first kappa shape index (κ1) is 31.6. The number of anilines is 2. The molecule has 3 N–H and O–H groups in total. The molecule has 4 rings (SSSR count). The average Bonchev–Trinajstić information content (AvgIpc) is 3.04. The first-order valence-corrected chi connectivity index (χ1v) is 14.4. The number of thioether (sulfide) groups is 1. The monoisotopic (exact) mass is 609 g/mol. The average molecular weight is 610 g/mol. The zero-order valence-electron chi connectivity index (χ0n) is 24.3. The van der Waals surface area contributed by atoms with Gasteiger partial charge in [0.15, 0.2) is 0 Å². The topological polar surface area (TPSA) is 123 Å². The minimum absolute atomic E-state index is 0.0298. The lowest BCUT2D eigenvalue weighted by atomic mass is 10.1. The highest BCUT2D eigenvalue weighted by molar-refractivity contribution is 8.00. The molecule has 0 fully saturated rings. The van der Waals surface area contributed by atoms with Crippen LogP contribution >= 0.6 is 11.8 Å². The Labute approximate surface area is 259 Å². The van der Waals surface area contributed by atoms with Crippen molar-refractivity contribution in [3.8, 4) is 5.75 Å². The fourth-order valence-electron chi connectivity index (χ4n) is 4.06. The van der Waals surface area contributed by atoms with Gasteiger partial charge in [0.2, 0.25) is 5.91 Å². The molecule has 0 aliphatic carbocycles. The molecule has 0 heterocycles. The number of rotatable bonds is 11. The van der Waals surface area contributed by atoms with Crippen LogP contribution in [0.2, 0.25) is 0 Å². The number of amides is 3. The van der Waals surface area contributed by atoms with E-state index in [-0.39, 0.29) is 17.2 Å². The molecule has 1 unspecified atom stereocenters. The van der Waals surface area contributed by atoms with E-state index < -0.39 is 23.0 Å². The van der Waals surface area contributed by atoms with Crippen LogP contribution in [-0.4, -0.2) is 43.2 Å². The predicted molar refractivity (Wildman–Crippen MR) is 172 cm³/mol. The normalized spacial score (nSPS) is 11.6. The standard InChI is InChI=1S/C34H31N3O6S/c1-22(31(38)36-29-18-8-7-17-28(29)34(41)43-3)44-27-16-10-14-25(21-27)35-33(40)30(20-23-11-9-15-26(19-23)42-2)37-32(39)24-12-5-4-6-13-24/h4-22H,1-3H3,(H,35,40)(H,36,38)(H,37,39)/b30-20+. The van der Waals surface area contributed by atoms with Gasteiger partial charge in [-0.1, -0.05) is 48.5 Å². The molecule has 0 saturated heterocycles. The number of hydrogen-bond donors (Lipinski definition) is 3. The van der Waals surface area contributed by atoms with Crippen molar-refractivity contribution in [2.75, 3.05) is 24.9 Å². The van der Waals surface area contributed by atoms with E-state index in [1.807, 2.05) is 6.07 Å². The smallest absolute Gasteiger partial charge is 0.339 e. The van der Waals surface area contributed by atoms with Crippen molar-refractivity contribution in [3.05, 3.63) is 126 Å². The Kier molecular flexibility index (Phi) is 10.9. The number of carbonyl (C=O) groups excluding carboxylic acids is 4. The number of methoxy groups -OCH3 is 2. The summed E-state index contributed by atoms with van der Waals surface area (Å²) in [6, 6.07) is 29.3. The Morgan fingerprint density at radius 1 is 0.795 bits per heavy atom. The molecule has 0 aliphatic rings. The van der Waals surface area contributed by atoms with Crippen LogP contribution in [-0.2, 0) is 14.3 Å². The van der Waals surface area contributed by atoms with E-state index in [9.17, 15) is 19.2 Å². The van der Waals surface area contributed by atoms with Crippen molar-refractivity contribution in [1.82, 2.24) is 5.32 Å². The van der Waals surface area contributed by atoms with E-state index in [1.165, 1.54) is 18.9 Å². The second kappa shape index (κ2) is 15.2. The number of para-hydroxylation sites is 1. The van der Waals surface area contributed by atoms with Crippen LogP contribution in [0.5, 0.6) is 5.75 Å². The van der Waals surface area contributed by atoms with Crippen LogP contribution < -0.4 is 20.7 Å². The molecule has 4 aromatic carbocycles. The number of nitrogens with one attached hydrogen (secondary N) is 3. The van der Waals surface area contributed by atoms with Crippen molar-refractivity contribution in [1.29, 1.82) is 0 Å². The molecule has 0 radical (unpaired) electrons. The first-order chi connectivity index (χ1) is 21.3. The quantitative estimate of drug-likeness (QED) is 0.108. The van der Waals surface area contributed by atoms with Gasteiger partial charge in [0, 0.05) is 16.1 Å². The van der Waals surface area contributed by atoms with Gasteiger partial charge >= 0.3 is 5.97 Å². The van der Waals surface area contributed by atoms with Crippen molar-refractivity contribution in [2.45, 2.75) is 17.1 Å². The van der Waals surface area contributed by atoms with Crippen LogP contribution in [0.3, 0.4) is 0 Å². The van der Waals surface area contributed by atoms with Gasteiger partial charge in [-0.05, 0) is 73.2 Å². The van der Waals surface area contributed by atoms with Crippen LogP contribution in [0.25, 0.3) is 6.08 Å². The Balaban J connectivity index is 1.49. The number of ether oxygens (including phenoxy) is 2. The number of carbonyl (C=O) groups is 4. The molecule has 0 spiro atoms. The summed E-state index contributed by atoms with van der Waals surface area (Å²) in [5.74, 6) is -1.24. The molecule has 0 bridgehead atoms. The van der Waals surface area contributed by atoms with E-state index in [4.69, 9.17) is 9.47 Å². The van der Waals surface area contributed by atoms with Gasteiger partial charge in [0.05, 0.1) is 30.7 Å². The predicted octanol–water partition coefficient (Wildman–Crippen LogP) is 6.01. The van der Waals surface area contributed by atoms with E-state index in [1.54, 1.807) is 117 Å². The van der Waals surface area contributed by atoms with Gasteiger partial charge in [0.1, 0.15) is 11.4 Å². The van der Waals surface area contributed by atoms with E-state index in [0.717, 1.165) is 4.90 Å². The molecular formula is C34H31N3O6S. The summed E-state index contributed by atoms with van der Waals surface area (Å²) < 4.78 is 10.1. The Morgan fingerprint density at radius 3 is 2.27 bits per heavy atom. The summed E-state index contributed by atoms with van der Waals surface area (Å²) in [4.78, 5) is 52.2. The third-order valence-corrected chi connectivity index (χ3v) is 7.39. The summed E-state index contributed by atoms with van der Waals surface area (Å²) in [7, 11) is 2.82. The van der Waals surface area contributed by atoms with Crippen LogP contribution in [0.1, 0.15) is 33.2 Å². The van der Waals surface area contributed by atoms with Gasteiger partial charge < -0.3 is 25.4 Å². The summed E-state index contributed by atoms with van der Waals surface area (Å²) in [6.07, 6.45) is 1.57. The first-order valence-electron chi connectivity index (χ1n) is 13.6. The van der Waals surface area contributed by atoms with Crippen molar-refractivity contribution in [2.24, 2.45) is 0 Å². The minimum atomic E-state index is -0.551. The van der Waals surface area contributed by atoms with Crippen LogP contribution in [0, 0.1) is 0 Å². The Bertz CT molecular complexity index is 1690. The highest BCUT2D eigenvalue weighted by atomic mass is 32.2. The molecule has 3 amide bonds. The highest BCUT2D eigenvalue weighted by Crippen LogP contribution is 2.27. The third-order valence-electron chi connectivity index (χ3n) is 6.30. The maximum absolute atomic E-state index is 13.5. The maximum atomic E-state index is 13.5. The second-order valence-corrected chi connectivity index (χ2v) is 10.8. The zero-order valence-corrected chi connectivity index (χ0v) is 25.1. The van der Waals surface area contributed by atoms with Crippen molar-refractivity contribution < 1.29 is 28.7 Å². The molecule has 1 atom stereocenters. The molecule has 0 aliphatic heterocycles. The van der Waals surface area contributed by atoms with E-state index in [2.05, 4.69) is 16.0 Å². The van der Waals surface area contributed by atoms with Gasteiger partial charge in [0.25, 0.3) is 11.8 Å². The van der Waals surface area contributed by atoms with Crippen LogP contribution in [0.15, 0.2) is 114 Å². The summed E-state index contributed by atoms with van der Waals surface area (Å²) in [5, 5.41) is 7.80. The molecule has 0 aromatic heterocycles. The Hall–Kier alpha value is -5.35. The SMILES string of the molecule is COC(=O)c1ccccc1NC(=O)C(C)Sc1cccc(NC(=O)/C(=C\c2cccc(OC)c2)NC(=O)c2ccccc2)c1. The highest BCUT2D eigenvalue weighted by Gasteiger charge is 2.19. The second-order valence-electron chi connectivity index (χ2n) is 9.42. The molecule has 44 heavy (non-hydrogen) atoms. The largest absolute Gasteiger partial charge is 0.497 e. The minimum Gasteiger partial charge on any atom is -0.497 e. The van der Waals surface area contributed by atoms with Gasteiger partial charge in [-0.15, -0.1) is 11.8 Å². The molecule has 224 valence electrons. The Morgan fingerprint density at radius 2 is 1.52 bits per heavy atom. The lowest BCUT2D eigenvalue weighted by molar-refractivity contribution is -0.115. The van der Waals surface area contributed by atoms with E-state index >= 15 is 0 Å². The zero-order chi connectivity index (χ0) is 31.5. The number of benzene rings is 4. The van der Waals surface area contributed by atoms with Crippen LogP contribution in [0.4, 0.5) is 11.4 Å². The fraction of sp³-hybridized carbons (Fsp3) is 0.118. The van der Waals surface area contributed by atoms with Gasteiger partial charge in [-0.2, -0.15) is 0 Å². The third kappa shape index (κ3) is 8.59. The van der Waals surface area contributed by atoms with Crippen molar-refractivity contribution >= 4 is 52.9 Å². The maximum Gasteiger partial charge on any atom is 0.339 e. The molecular weight excluding hydrogens is 578 g/mol. The lowest BCUT2D eigenvalue weighted by Crippen LogP contribution is -2.30. The summed E-state index contributed by atoms with van der Waals surface area (Å²) in [5.41, 5.74) is 2.15. The summed E-state index contributed by atoms with van der Waals surface area (Å²) in [6.45, 7) is 1.74. The van der Waals surface area contributed by atoms with Gasteiger partial charge in [-0.25, -0.2) is 4.79 Å². The molecule has 0 saturated carbocycles. The number of esters is 1. The summed E-state index contributed by atoms with van der Waals surface area (Å²) >= 11 is 1.28. The van der Waals surface area contributed by atoms with Crippen molar-refractivity contribution in [3.63, 3.8) is 0 Å².